The molecular weight excluding hydrogens is 481 g/mol. The topological polar surface area (TPSA) is 125 Å². The van der Waals surface area contributed by atoms with Crippen LogP contribution < -0.4 is 21.4 Å². The Kier molecular flexibility index (Phi) is 8.13. The zero-order valence-electron chi connectivity index (χ0n) is 19.2. The fraction of sp³-hybridized carbons (Fsp3) is 0.304. The molecule has 1 N–H and O–H groups in total. The van der Waals surface area contributed by atoms with Gasteiger partial charge in [0.1, 0.15) is 0 Å². The Morgan fingerprint density at radius 1 is 1.14 bits per heavy atom. The number of nitrogens with one attached hydrogen (secondary N) is 1. The Morgan fingerprint density at radius 2 is 1.83 bits per heavy atom. The number of hydrogen-bond donors (Lipinski definition) is 1. The normalized spacial score (nSPS) is 11.8. The van der Waals surface area contributed by atoms with Gasteiger partial charge in [-0.2, -0.15) is 4.98 Å². The summed E-state index contributed by atoms with van der Waals surface area (Å²) in [6.45, 7) is 4.50. The highest BCUT2D eigenvalue weighted by atomic mass is 35.5. The maximum Gasteiger partial charge on any atom is 0.354 e. The van der Waals surface area contributed by atoms with Crippen molar-refractivity contribution in [2.75, 3.05) is 5.32 Å². The molecule has 0 spiro atoms. The van der Waals surface area contributed by atoms with E-state index in [1.165, 1.54) is 19.1 Å². The van der Waals surface area contributed by atoms with Crippen molar-refractivity contribution < 1.29 is 13.9 Å². The van der Waals surface area contributed by atoms with Crippen molar-refractivity contribution in [1.82, 2.24) is 14.1 Å². The van der Waals surface area contributed by atoms with Gasteiger partial charge in [0.15, 0.2) is 11.6 Å². The minimum Gasteiger partial charge on any atom is -0.488 e. The molecule has 0 aliphatic rings. The molecule has 0 bridgehead atoms. The number of carbonyl (C=O) groups excluding carboxylic acids is 1. The molecule has 0 saturated heterocycles. The number of nitrogens with zero attached hydrogens (tertiary/aromatic N) is 4. The van der Waals surface area contributed by atoms with Crippen LogP contribution in [0.25, 0.3) is 0 Å². The summed E-state index contributed by atoms with van der Waals surface area (Å²) in [6.07, 6.45) is -0.231. The Labute approximate surface area is 204 Å². The standard InChI is InChI=1S/C23H23ClFN5O5/c1-13(2)35-19-9-8-17(10-18(19)25)26-21-27-22(32)30(11-14(3)20(31)28-34)23(33)29(21)12-15-4-6-16(24)7-5-15/h4-10,13-14H,11-12H2,1-3H3,(H,26,27,32)/t14-/m0/s1. The van der Waals surface area contributed by atoms with E-state index in [-0.39, 0.29) is 36.6 Å². The van der Waals surface area contributed by atoms with Gasteiger partial charge in [-0.15, -0.1) is 4.91 Å². The average molecular weight is 504 g/mol. The van der Waals surface area contributed by atoms with Gasteiger partial charge < -0.3 is 10.1 Å². The number of rotatable bonds is 9. The van der Waals surface area contributed by atoms with E-state index in [0.717, 1.165) is 15.2 Å². The van der Waals surface area contributed by atoms with Crippen molar-refractivity contribution in [2.24, 2.45) is 11.1 Å². The van der Waals surface area contributed by atoms with Gasteiger partial charge in [0.25, 0.3) is 5.91 Å². The highest BCUT2D eigenvalue weighted by molar-refractivity contribution is 6.30. The van der Waals surface area contributed by atoms with Gasteiger partial charge in [0.2, 0.25) is 5.95 Å². The number of hydrogen-bond acceptors (Lipinski definition) is 7. The van der Waals surface area contributed by atoms with Gasteiger partial charge in [0, 0.05) is 28.5 Å². The number of anilines is 2. The molecular formula is C23H23ClFN5O5. The lowest BCUT2D eigenvalue weighted by molar-refractivity contribution is -0.121. The average Bonchev–Trinajstić information content (AvgIpc) is 2.81. The molecule has 184 valence electrons. The van der Waals surface area contributed by atoms with Crippen molar-refractivity contribution in [3.8, 4) is 5.75 Å². The molecule has 0 aliphatic carbocycles. The smallest absolute Gasteiger partial charge is 0.354 e. The zero-order valence-corrected chi connectivity index (χ0v) is 20.0. The largest absolute Gasteiger partial charge is 0.488 e. The summed E-state index contributed by atoms with van der Waals surface area (Å²) >= 11 is 5.94. The van der Waals surface area contributed by atoms with Crippen molar-refractivity contribution in [2.45, 2.75) is 40.0 Å². The molecule has 12 heteroatoms. The van der Waals surface area contributed by atoms with Crippen LogP contribution in [0.1, 0.15) is 26.3 Å². The van der Waals surface area contributed by atoms with Crippen LogP contribution in [0.5, 0.6) is 5.75 Å². The van der Waals surface area contributed by atoms with Gasteiger partial charge in [-0.25, -0.2) is 18.5 Å². The molecule has 3 rings (SSSR count). The van der Waals surface area contributed by atoms with Crippen LogP contribution in [-0.4, -0.2) is 26.1 Å². The summed E-state index contributed by atoms with van der Waals surface area (Å²) in [6, 6.07) is 10.7. The number of ether oxygens (including phenoxy) is 1. The van der Waals surface area contributed by atoms with Gasteiger partial charge >= 0.3 is 11.4 Å². The van der Waals surface area contributed by atoms with Crippen LogP contribution in [-0.2, 0) is 17.9 Å². The van der Waals surface area contributed by atoms with E-state index in [4.69, 9.17) is 16.3 Å². The predicted octanol–water partition coefficient (Wildman–Crippen LogP) is 3.71. The van der Waals surface area contributed by atoms with Crippen LogP contribution >= 0.6 is 11.6 Å². The number of benzene rings is 2. The molecule has 0 saturated carbocycles. The summed E-state index contributed by atoms with van der Waals surface area (Å²) in [5.41, 5.74) is -0.845. The monoisotopic (exact) mass is 503 g/mol. The molecule has 1 aromatic heterocycles. The first-order valence-corrected chi connectivity index (χ1v) is 11.0. The second-order valence-electron chi connectivity index (χ2n) is 8.09. The maximum absolute atomic E-state index is 14.5. The second-order valence-corrected chi connectivity index (χ2v) is 8.53. The Balaban J connectivity index is 2.05. The first-order chi connectivity index (χ1) is 16.6. The predicted molar refractivity (Wildman–Crippen MR) is 129 cm³/mol. The van der Waals surface area contributed by atoms with E-state index >= 15 is 0 Å². The highest BCUT2D eigenvalue weighted by Gasteiger charge is 2.20. The third kappa shape index (κ3) is 6.38. The number of aromatic nitrogens is 3. The molecule has 1 atom stereocenters. The fourth-order valence-electron chi connectivity index (χ4n) is 3.20. The summed E-state index contributed by atoms with van der Waals surface area (Å²) in [5, 5.41) is 5.64. The van der Waals surface area contributed by atoms with Gasteiger partial charge in [0.05, 0.1) is 18.6 Å². The van der Waals surface area contributed by atoms with E-state index < -0.39 is 29.0 Å². The molecule has 1 heterocycles. The van der Waals surface area contributed by atoms with Crippen LogP contribution in [0.4, 0.5) is 16.0 Å². The lowest BCUT2D eigenvalue weighted by Crippen LogP contribution is -2.44. The summed E-state index contributed by atoms with van der Waals surface area (Å²) in [4.78, 5) is 52.0. The number of amides is 1. The number of carbonyl (C=O) groups is 1. The van der Waals surface area contributed by atoms with E-state index in [9.17, 15) is 23.7 Å². The summed E-state index contributed by atoms with van der Waals surface area (Å²) < 4.78 is 21.8. The zero-order chi connectivity index (χ0) is 25.7. The molecule has 35 heavy (non-hydrogen) atoms. The molecule has 0 unspecified atom stereocenters. The van der Waals surface area contributed by atoms with E-state index in [2.05, 4.69) is 15.5 Å². The highest BCUT2D eigenvalue weighted by Crippen LogP contribution is 2.24. The minimum absolute atomic E-state index is 0.0170. The SMILES string of the molecule is CC(C)Oc1ccc(Nc2nc(=O)n(C[C@H](C)C(=O)N=O)c(=O)n2Cc2ccc(Cl)cc2)cc1F. The maximum atomic E-state index is 14.5. The van der Waals surface area contributed by atoms with Crippen LogP contribution in [0.2, 0.25) is 5.02 Å². The van der Waals surface area contributed by atoms with E-state index in [1.807, 2.05) is 0 Å². The molecule has 0 radical (unpaired) electrons. The third-order valence-electron chi connectivity index (χ3n) is 4.92. The molecule has 1 amide bonds. The first-order valence-electron chi connectivity index (χ1n) is 10.7. The van der Waals surface area contributed by atoms with Crippen LogP contribution in [0.3, 0.4) is 0 Å². The summed E-state index contributed by atoms with van der Waals surface area (Å²) in [5.74, 6) is -2.74. The Bertz CT molecular complexity index is 1350. The van der Waals surface area contributed by atoms with Crippen molar-refractivity contribution >= 4 is 29.1 Å². The quantitative estimate of drug-likeness (QED) is 0.441. The minimum atomic E-state index is -1.01. The summed E-state index contributed by atoms with van der Waals surface area (Å²) in [7, 11) is 0. The van der Waals surface area contributed by atoms with Crippen molar-refractivity contribution in [3.05, 3.63) is 84.7 Å². The van der Waals surface area contributed by atoms with Crippen LogP contribution in [0.15, 0.2) is 57.2 Å². The molecule has 0 fully saturated rings. The van der Waals surface area contributed by atoms with Gasteiger partial charge in [-0.05, 0) is 43.7 Å². The van der Waals surface area contributed by atoms with Gasteiger partial charge in [-0.3, -0.25) is 9.36 Å². The second kappa shape index (κ2) is 11.0. The Hall–Kier alpha value is -3.86. The fourth-order valence-corrected chi connectivity index (χ4v) is 3.32. The van der Waals surface area contributed by atoms with Gasteiger partial charge in [-0.1, -0.05) is 30.7 Å². The number of halogens is 2. The Morgan fingerprint density at radius 3 is 2.43 bits per heavy atom. The molecule has 3 aromatic rings. The van der Waals surface area contributed by atoms with Crippen molar-refractivity contribution in [1.29, 1.82) is 0 Å². The molecule has 10 nitrogen and oxygen atoms in total. The van der Waals surface area contributed by atoms with E-state index in [0.29, 0.717) is 10.6 Å². The molecule has 2 aromatic carbocycles. The first kappa shape index (κ1) is 25.8. The third-order valence-corrected chi connectivity index (χ3v) is 5.17. The van der Waals surface area contributed by atoms with E-state index in [1.54, 1.807) is 38.1 Å². The lowest BCUT2D eigenvalue weighted by atomic mass is 10.2. The lowest BCUT2D eigenvalue weighted by Gasteiger charge is -2.17. The van der Waals surface area contributed by atoms with Crippen LogP contribution in [0, 0.1) is 16.6 Å². The molecule has 0 aliphatic heterocycles. The number of nitroso groups, excluding NO2 is 1. The van der Waals surface area contributed by atoms with Crippen molar-refractivity contribution in [3.63, 3.8) is 0 Å².